The highest BCUT2D eigenvalue weighted by atomic mass is 32.1. The van der Waals surface area contributed by atoms with Crippen LogP contribution in [0.25, 0.3) is 5.57 Å². The Bertz CT molecular complexity index is 534. The van der Waals surface area contributed by atoms with Gasteiger partial charge in [0.2, 0.25) is 0 Å². The van der Waals surface area contributed by atoms with Crippen LogP contribution in [0.1, 0.15) is 61.5 Å². The molecule has 3 rings (SSSR count). The summed E-state index contributed by atoms with van der Waals surface area (Å²) < 4.78 is 0. The highest BCUT2D eigenvalue weighted by molar-refractivity contribution is 7.16. The lowest BCUT2D eigenvalue weighted by Gasteiger charge is -2.15. The number of allylic oxidation sites excluding steroid dienone is 2. The van der Waals surface area contributed by atoms with Crippen LogP contribution in [0.3, 0.4) is 0 Å². The minimum absolute atomic E-state index is 0.710. The first-order chi connectivity index (χ1) is 9.70. The van der Waals surface area contributed by atoms with Gasteiger partial charge in [0.25, 0.3) is 0 Å². The zero-order valence-corrected chi connectivity index (χ0v) is 13.4. The summed E-state index contributed by atoms with van der Waals surface area (Å²) in [6, 6.07) is 0. The summed E-state index contributed by atoms with van der Waals surface area (Å²) >= 11 is 1.96. The molecule has 1 aromatic heterocycles. The van der Waals surface area contributed by atoms with E-state index >= 15 is 0 Å². The second kappa shape index (κ2) is 5.77. The molecular weight excluding hydrogens is 262 g/mol. The van der Waals surface area contributed by atoms with Gasteiger partial charge in [-0.1, -0.05) is 26.5 Å². The summed E-state index contributed by atoms with van der Waals surface area (Å²) in [6.07, 6.45) is 10.1. The molecule has 2 aliphatic carbocycles. The second-order valence-electron chi connectivity index (χ2n) is 6.19. The Hall–Kier alpha value is -1.02. The molecule has 0 bridgehead atoms. The van der Waals surface area contributed by atoms with Crippen LogP contribution in [-0.2, 0) is 12.8 Å². The fraction of sp³-hybridized carbons (Fsp3) is 0.556. The van der Waals surface area contributed by atoms with E-state index in [2.05, 4.69) is 25.4 Å². The van der Waals surface area contributed by atoms with E-state index < -0.39 is 0 Å². The van der Waals surface area contributed by atoms with E-state index in [0.29, 0.717) is 5.92 Å². The molecule has 0 amide bonds. The molecule has 0 aromatic carbocycles. The van der Waals surface area contributed by atoms with Crippen molar-refractivity contribution in [2.45, 2.75) is 58.3 Å². The predicted molar refractivity (Wildman–Crippen MR) is 90.4 cm³/mol. The molecule has 0 saturated heterocycles. The first-order valence-corrected chi connectivity index (χ1v) is 8.80. The molecular formula is C18H25NS. The molecule has 1 heterocycles. The van der Waals surface area contributed by atoms with Crippen LogP contribution in [-0.4, -0.2) is 0 Å². The topological polar surface area (TPSA) is 12.0 Å². The summed E-state index contributed by atoms with van der Waals surface area (Å²) in [5.74, 6) is 0.710. The Morgan fingerprint density at radius 2 is 2.00 bits per heavy atom. The standard InChI is InChI=1S/C18H25NS/c1-4-7-12(2)17-15-8-5-6-9-16(15)20-18(17)19-13(3)14-10-11-14/h14,19H,2-11H2,1H3. The summed E-state index contributed by atoms with van der Waals surface area (Å²) in [5, 5.41) is 4.96. The number of hydrogen-bond donors (Lipinski definition) is 1. The molecule has 0 unspecified atom stereocenters. The Labute approximate surface area is 126 Å². The molecule has 108 valence electrons. The highest BCUT2D eigenvalue weighted by Crippen LogP contribution is 2.44. The van der Waals surface area contributed by atoms with Crippen molar-refractivity contribution < 1.29 is 0 Å². The fourth-order valence-electron chi connectivity index (χ4n) is 3.13. The number of anilines is 1. The van der Waals surface area contributed by atoms with Crippen LogP contribution in [0.2, 0.25) is 0 Å². The van der Waals surface area contributed by atoms with Gasteiger partial charge in [-0.2, -0.15) is 0 Å². The number of hydrogen-bond acceptors (Lipinski definition) is 2. The lowest BCUT2D eigenvalue weighted by atomic mass is 9.91. The quantitative estimate of drug-likeness (QED) is 0.699. The van der Waals surface area contributed by atoms with Crippen molar-refractivity contribution in [1.82, 2.24) is 0 Å². The van der Waals surface area contributed by atoms with Crippen molar-refractivity contribution >= 4 is 21.9 Å². The molecule has 1 fully saturated rings. The van der Waals surface area contributed by atoms with Gasteiger partial charge in [0.05, 0.1) is 0 Å². The predicted octanol–water partition coefficient (Wildman–Crippen LogP) is 5.78. The number of fused-ring (bicyclic) bond motifs is 1. The SMILES string of the molecule is C=C(CCC)c1c(NC(=C)C2CC2)sc2c1CCCC2. The molecule has 0 spiro atoms. The minimum atomic E-state index is 0.710. The number of nitrogens with one attached hydrogen (secondary N) is 1. The Morgan fingerprint density at radius 1 is 1.25 bits per heavy atom. The van der Waals surface area contributed by atoms with Crippen LogP contribution < -0.4 is 5.32 Å². The van der Waals surface area contributed by atoms with E-state index in [1.807, 2.05) is 11.3 Å². The van der Waals surface area contributed by atoms with Crippen molar-refractivity contribution in [2.24, 2.45) is 5.92 Å². The van der Waals surface area contributed by atoms with Crippen molar-refractivity contribution in [3.8, 4) is 0 Å². The molecule has 1 nitrogen and oxygen atoms in total. The molecule has 1 N–H and O–H groups in total. The third-order valence-corrected chi connectivity index (χ3v) is 5.63. The van der Waals surface area contributed by atoms with Gasteiger partial charge in [-0.25, -0.2) is 0 Å². The minimum Gasteiger partial charge on any atom is -0.350 e. The largest absolute Gasteiger partial charge is 0.350 e. The molecule has 0 radical (unpaired) electrons. The monoisotopic (exact) mass is 287 g/mol. The van der Waals surface area contributed by atoms with Crippen LogP contribution in [0.4, 0.5) is 5.00 Å². The van der Waals surface area contributed by atoms with Gasteiger partial charge in [-0.3, -0.25) is 0 Å². The van der Waals surface area contributed by atoms with E-state index in [1.165, 1.54) is 66.8 Å². The molecule has 0 atom stereocenters. The smallest absolute Gasteiger partial charge is 0.101 e. The third kappa shape index (κ3) is 2.71. The summed E-state index contributed by atoms with van der Waals surface area (Å²) in [4.78, 5) is 1.59. The van der Waals surface area contributed by atoms with Gasteiger partial charge in [0.15, 0.2) is 0 Å². The van der Waals surface area contributed by atoms with Crippen LogP contribution >= 0.6 is 11.3 Å². The van der Waals surface area contributed by atoms with E-state index in [1.54, 1.807) is 10.4 Å². The number of aryl methyl sites for hydroxylation is 1. The van der Waals surface area contributed by atoms with Gasteiger partial charge in [0, 0.05) is 16.1 Å². The van der Waals surface area contributed by atoms with E-state index in [0.717, 1.165) is 6.42 Å². The zero-order chi connectivity index (χ0) is 14.1. The lowest BCUT2D eigenvalue weighted by molar-refractivity contribution is 0.695. The van der Waals surface area contributed by atoms with E-state index in [4.69, 9.17) is 0 Å². The lowest BCUT2D eigenvalue weighted by Crippen LogP contribution is -2.03. The summed E-state index contributed by atoms with van der Waals surface area (Å²) in [6.45, 7) is 10.8. The first-order valence-electron chi connectivity index (χ1n) is 7.99. The normalized spacial score (nSPS) is 17.6. The van der Waals surface area contributed by atoms with Gasteiger partial charge < -0.3 is 5.32 Å². The Kier molecular flexibility index (Phi) is 4.02. The van der Waals surface area contributed by atoms with Crippen LogP contribution in [0, 0.1) is 5.92 Å². The van der Waals surface area contributed by atoms with Crippen LogP contribution in [0.15, 0.2) is 18.9 Å². The van der Waals surface area contributed by atoms with E-state index in [9.17, 15) is 0 Å². The first kappa shape index (κ1) is 13.9. The fourth-order valence-corrected chi connectivity index (χ4v) is 4.51. The van der Waals surface area contributed by atoms with E-state index in [-0.39, 0.29) is 0 Å². The van der Waals surface area contributed by atoms with Gasteiger partial charge in [-0.15, -0.1) is 11.3 Å². The van der Waals surface area contributed by atoms with Gasteiger partial charge >= 0.3 is 0 Å². The molecule has 2 heteroatoms. The highest BCUT2D eigenvalue weighted by Gasteiger charge is 2.27. The third-order valence-electron chi connectivity index (χ3n) is 4.42. The van der Waals surface area contributed by atoms with Crippen LogP contribution in [0.5, 0.6) is 0 Å². The Morgan fingerprint density at radius 3 is 2.70 bits per heavy atom. The van der Waals surface area contributed by atoms with Crippen molar-refractivity contribution in [1.29, 1.82) is 0 Å². The Balaban J connectivity index is 1.91. The second-order valence-corrected chi connectivity index (χ2v) is 7.30. The average molecular weight is 287 g/mol. The number of rotatable bonds is 6. The van der Waals surface area contributed by atoms with Crippen molar-refractivity contribution in [3.63, 3.8) is 0 Å². The average Bonchev–Trinajstić information content (AvgIpc) is 3.21. The maximum atomic E-state index is 4.36. The van der Waals surface area contributed by atoms with Gasteiger partial charge in [-0.05, 0) is 62.0 Å². The summed E-state index contributed by atoms with van der Waals surface area (Å²) in [5.41, 5.74) is 5.56. The van der Waals surface area contributed by atoms with Crippen molar-refractivity contribution in [3.05, 3.63) is 34.9 Å². The molecule has 1 saturated carbocycles. The zero-order valence-electron chi connectivity index (χ0n) is 12.6. The molecule has 20 heavy (non-hydrogen) atoms. The van der Waals surface area contributed by atoms with Gasteiger partial charge in [0.1, 0.15) is 5.00 Å². The molecule has 1 aromatic rings. The number of thiophene rings is 1. The molecule has 2 aliphatic rings. The summed E-state index contributed by atoms with van der Waals surface area (Å²) in [7, 11) is 0. The maximum Gasteiger partial charge on any atom is 0.101 e. The maximum absolute atomic E-state index is 4.36. The van der Waals surface area contributed by atoms with Crippen molar-refractivity contribution in [2.75, 3.05) is 5.32 Å². The molecule has 0 aliphatic heterocycles.